The minimum Gasteiger partial charge on any atom is -0.324 e. The van der Waals surface area contributed by atoms with Crippen molar-refractivity contribution < 1.29 is 14.4 Å². The van der Waals surface area contributed by atoms with Gasteiger partial charge in [0.15, 0.2) is 0 Å². The molecule has 15 heavy (non-hydrogen) atoms. The predicted molar refractivity (Wildman–Crippen MR) is 64.1 cm³/mol. The molecule has 0 rings (SSSR count). The third-order valence-corrected chi connectivity index (χ3v) is 5.24. The predicted octanol–water partition coefficient (Wildman–Crippen LogP) is 3.69. The topological polar surface area (TPSA) is 57.5 Å². The maximum Gasteiger partial charge on any atom is 0.331 e. The summed E-state index contributed by atoms with van der Waals surface area (Å²) in [6.45, 7) is 5.98. The molecule has 3 nitrogen and oxygen atoms in total. The monoisotopic (exact) mass is 236 g/mol. The van der Waals surface area contributed by atoms with Crippen molar-refractivity contribution in [3.63, 3.8) is 0 Å². The zero-order chi connectivity index (χ0) is 11.9. The number of rotatable bonds is 8. The molecule has 0 radical (unpaired) electrons. The second-order valence-electron chi connectivity index (χ2n) is 4.33. The average Bonchev–Trinajstić information content (AvgIpc) is 2.15. The van der Waals surface area contributed by atoms with Gasteiger partial charge in [-0.15, -0.1) is 0 Å². The molecule has 0 saturated heterocycles. The quantitative estimate of drug-likeness (QED) is 0.499. The van der Waals surface area contributed by atoms with Gasteiger partial charge < -0.3 is 9.79 Å². The SMILES string of the molecule is CCCCCC(CC)(CCC)P(=O)(O)O. The lowest BCUT2D eigenvalue weighted by Crippen LogP contribution is -2.28. The normalized spacial score (nSPS) is 16.3. The smallest absolute Gasteiger partial charge is 0.324 e. The summed E-state index contributed by atoms with van der Waals surface area (Å²) in [6, 6.07) is 0. The van der Waals surface area contributed by atoms with E-state index in [0.717, 1.165) is 25.7 Å². The standard InChI is InChI=1S/C11H25O3P/c1-4-7-8-10-11(6-3,9-5-2)15(12,13)14/h4-10H2,1-3H3,(H2,12,13,14). The Hall–Kier alpha value is 0.150. The van der Waals surface area contributed by atoms with Gasteiger partial charge in [0.1, 0.15) is 0 Å². The summed E-state index contributed by atoms with van der Waals surface area (Å²) in [7, 11) is -3.96. The second kappa shape index (κ2) is 6.67. The van der Waals surface area contributed by atoms with Gasteiger partial charge >= 0.3 is 7.60 Å². The van der Waals surface area contributed by atoms with Crippen molar-refractivity contribution in [1.29, 1.82) is 0 Å². The lowest BCUT2D eigenvalue weighted by atomic mass is 9.93. The molecule has 0 spiro atoms. The highest BCUT2D eigenvalue weighted by Crippen LogP contribution is 2.57. The number of unbranched alkanes of at least 4 members (excludes halogenated alkanes) is 2. The van der Waals surface area contributed by atoms with E-state index in [9.17, 15) is 14.4 Å². The Labute approximate surface area is 93.4 Å². The molecule has 4 heteroatoms. The third kappa shape index (κ3) is 4.26. The van der Waals surface area contributed by atoms with Crippen LogP contribution in [0.2, 0.25) is 0 Å². The molecule has 0 aromatic heterocycles. The largest absolute Gasteiger partial charge is 0.331 e. The van der Waals surface area contributed by atoms with Crippen LogP contribution in [-0.4, -0.2) is 14.9 Å². The molecule has 0 amide bonds. The van der Waals surface area contributed by atoms with Crippen LogP contribution in [0.15, 0.2) is 0 Å². The minimum absolute atomic E-state index is 0.578. The van der Waals surface area contributed by atoms with E-state index in [1.807, 2.05) is 13.8 Å². The van der Waals surface area contributed by atoms with Crippen molar-refractivity contribution in [3.8, 4) is 0 Å². The van der Waals surface area contributed by atoms with Gasteiger partial charge in [-0.3, -0.25) is 4.57 Å². The zero-order valence-electron chi connectivity index (χ0n) is 10.2. The van der Waals surface area contributed by atoms with E-state index in [1.165, 1.54) is 0 Å². The highest BCUT2D eigenvalue weighted by atomic mass is 31.2. The molecule has 0 fully saturated rings. The Kier molecular flexibility index (Phi) is 6.74. The summed E-state index contributed by atoms with van der Waals surface area (Å²) < 4.78 is 11.6. The van der Waals surface area contributed by atoms with Crippen molar-refractivity contribution in [2.24, 2.45) is 0 Å². The van der Waals surface area contributed by atoms with Crippen LogP contribution in [0.3, 0.4) is 0 Å². The van der Waals surface area contributed by atoms with Crippen molar-refractivity contribution in [2.45, 2.75) is 70.9 Å². The summed E-state index contributed by atoms with van der Waals surface area (Å²) in [5.74, 6) is 0. The molecule has 0 aliphatic heterocycles. The van der Waals surface area contributed by atoms with Crippen LogP contribution in [0.5, 0.6) is 0 Å². The molecule has 0 aromatic rings. The first-order valence-corrected chi connectivity index (χ1v) is 7.60. The maximum absolute atomic E-state index is 11.6. The van der Waals surface area contributed by atoms with E-state index in [-0.39, 0.29) is 0 Å². The highest BCUT2D eigenvalue weighted by Gasteiger charge is 2.43. The Morgan fingerprint density at radius 1 is 1.00 bits per heavy atom. The van der Waals surface area contributed by atoms with Crippen LogP contribution >= 0.6 is 7.60 Å². The molecular formula is C11H25O3P. The second-order valence-corrected chi connectivity index (χ2v) is 6.37. The maximum atomic E-state index is 11.6. The lowest BCUT2D eigenvalue weighted by Gasteiger charge is -2.33. The van der Waals surface area contributed by atoms with Crippen LogP contribution < -0.4 is 0 Å². The molecule has 2 N–H and O–H groups in total. The Balaban J connectivity index is 4.59. The first kappa shape index (κ1) is 15.2. The Bertz CT molecular complexity index is 212. The van der Waals surface area contributed by atoms with Gasteiger partial charge in [0.2, 0.25) is 0 Å². The molecular weight excluding hydrogens is 211 g/mol. The first-order valence-electron chi connectivity index (χ1n) is 5.99. The van der Waals surface area contributed by atoms with E-state index in [1.54, 1.807) is 0 Å². The molecule has 1 unspecified atom stereocenters. The van der Waals surface area contributed by atoms with Crippen LogP contribution in [0, 0.1) is 0 Å². The summed E-state index contributed by atoms with van der Waals surface area (Å²) in [5, 5.41) is -0.753. The van der Waals surface area contributed by atoms with Gasteiger partial charge in [0, 0.05) is 0 Å². The number of hydrogen-bond donors (Lipinski definition) is 2. The Morgan fingerprint density at radius 2 is 1.60 bits per heavy atom. The summed E-state index contributed by atoms with van der Waals surface area (Å²) in [5.41, 5.74) is 0. The first-order chi connectivity index (χ1) is 6.93. The Morgan fingerprint density at radius 3 is 1.93 bits per heavy atom. The fourth-order valence-electron chi connectivity index (χ4n) is 2.15. The van der Waals surface area contributed by atoms with Gasteiger partial charge in [-0.1, -0.05) is 46.5 Å². The molecule has 0 aliphatic carbocycles. The van der Waals surface area contributed by atoms with Crippen LogP contribution in [0.1, 0.15) is 65.7 Å². The zero-order valence-corrected chi connectivity index (χ0v) is 11.1. The van der Waals surface area contributed by atoms with Crippen LogP contribution in [-0.2, 0) is 4.57 Å². The van der Waals surface area contributed by atoms with Gasteiger partial charge in [-0.2, -0.15) is 0 Å². The van der Waals surface area contributed by atoms with Crippen molar-refractivity contribution in [3.05, 3.63) is 0 Å². The molecule has 0 aliphatic rings. The number of hydrogen-bond acceptors (Lipinski definition) is 1. The molecule has 0 heterocycles. The molecule has 1 atom stereocenters. The summed E-state index contributed by atoms with van der Waals surface area (Å²) >= 11 is 0. The van der Waals surface area contributed by atoms with Crippen molar-refractivity contribution >= 4 is 7.60 Å². The molecule has 92 valence electrons. The average molecular weight is 236 g/mol. The summed E-state index contributed by atoms with van der Waals surface area (Å²) in [6.07, 6.45) is 5.79. The van der Waals surface area contributed by atoms with Gasteiger partial charge in [-0.25, -0.2) is 0 Å². The van der Waals surface area contributed by atoms with Crippen molar-refractivity contribution in [1.82, 2.24) is 0 Å². The third-order valence-electron chi connectivity index (χ3n) is 3.24. The van der Waals surface area contributed by atoms with E-state index < -0.39 is 12.8 Å². The van der Waals surface area contributed by atoms with E-state index in [0.29, 0.717) is 19.3 Å². The lowest BCUT2D eigenvalue weighted by molar-refractivity contribution is 0.295. The van der Waals surface area contributed by atoms with Gasteiger partial charge in [0.05, 0.1) is 5.16 Å². The highest BCUT2D eigenvalue weighted by molar-refractivity contribution is 7.53. The fourth-order valence-corrected chi connectivity index (χ4v) is 3.52. The van der Waals surface area contributed by atoms with Crippen molar-refractivity contribution in [2.75, 3.05) is 0 Å². The molecule has 0 bridgehead atoms. The van der Waals surface area contributed by atoms with Crippen LogP contribution in [0.25, 0.3) is 0 Å². The van der Waals surface area contributed by atoms with E-state index >= 15 is 0 Å². The minimum atomic E-state index is -3.96. The fraction of sp³-hybridized carbons (Fsp3) is 1.00. The van der Waals surface area contributed by atoms with E-state index in [2.05, 4.69) is 6.92 Å². The molecule has 0 saturated carbocycles. The van der Waals surface area contributed by atoms with Gasteiger partial charge in [0.25, 0.3) is 0 Å². The van der Waals surface area contributed by atoms with Gasteiger partial charge in [-0.05, 0) is 19.3 Å². The van der Waals surface area contributed by atoms with E-state index in [4.69, 9.17) is 0 Å². The molecule has 0 aromatic carbocycles. The summed E-state index contributed by atoms with van der Waals surface area (Å²) in [4.78, 5) is 18.9. The van der Waals surface area contributed by atoms with Crippen LogP contribution in [0.4, 0.5) is 0 Å².